The third-order valence-electron chi connectivity index (χ3n) is 6.77. The largest absolute Gasteiger partial charge is 0.487 e. The molecule has 0 radical (unpaired) electrons. The molecule has 1 unspecified atom stereocenters. The van der Waals surface area contributed by atoms with E-state index in [1.165, 1.54) is 11.3 Å². The fourth-order valence-electron chi connectivity index (χ4n) is 4.87. The smallest absolute Gasteiger partial charge is 0.338 e. The highest BCUT2D eigenvalue weighted by atomic mass is 79.9. The number of carbonyl (C=O) groups excluding carboxylic acids is 1. The van der Waals surface area contributed by atoms with Crippen LogP contribution in [0.3, 0.4) is 0 Å². The number of hydrogen-bond acceptors (Lipinski definition) is 8. The maximum atomic E-state index is 14.0. The van der Waals surface area contributed by atoms with Crippen LogP contribution < -0.4 is 29.1 Å². The van der Waals surface area contributed by atoms with Crippen LogP contribution >= 0.6 is 43.2 Å². The Hall–Kier alpha value is -3.67. The summed E-state index contributed by atoms with van der Waals surface area (Å²) in [7, 11) is 0. The van der Waals surface area contributed by atoms with Crippen molar-refractivity contribution in [1.82, 2.24) is 4.57 Å². The van der Waals surface area contributed by atoms with Crippen LogP contribution in [-0.4, -0.2) is 23.9 Å². The number of ether oxygens (including phenoxy) is 4. The van der Waals surface area contributed by atoms with E-state index in [4.69, 9.17) is 18.9 Å². The first kappa shape index (κ1) is 28.4. The fraction of sp³-hybridized carbons (Fsp3) is 0.194. The molecule has 2 aliphatic rings. The maximum Gasteiger partial charge on any atom is 0.338 e. The van der Waals surface area contributed by atoms with E-state index in [-0.39, 0.29) is 19.0 Å². The van der Waals surface area contributed by atoms with Crippen LogP contribution in [0.25, 0.3) is 6.08 Å². The molecule has 3 heterocycles. The number of carbonyl (C=O) groups is 1. The highest BCUT2D eigenvalue weighted by molar-refractivity contribution is 9.11. The second-order valence-corrected chi connectivity index (χ2v) is 12.2. The summed E-state index contributed by atoms with van der Waals surface area (Å²) >= 11 is 8.49. The van der Waals surface area contributed by atoms with E-state index in [0.717, 1.165) is 20.1 Å². The number of allylic oxidation sites excluding steroid dienone is 1. The van der Waals surface area contributed by atoms with Gasteiger partial charge in [-0.1, -0.05) is 47.7 Å². The molecule has 0 bridgehead atoms. The minimum absolute atomic E-state index is 0.113. The lowest BCUT2D eigenvalue weighted by atomic mass is 9.95. The van der Waals surface area contributed by atoms with Crippen molar-refractivity contribution < 1.29 is 23.7 Å². The Balaban J connectivity index is 1.41. The Morgan fingerprint density at radius 2 is 1.83 bits per heavy atom. The lowest BCUT2D eigenvalue weighted by molar-refractivity contribution is -0.139. The van der Waals surface area contributed by atoms with Crippen molar-refractivity contribution in [2.75, 3.05) is 13.4 Å². The zero-order valence-electron chi connectivity index (χ0n) is 22.6. The third kappa shape index (κ3) is 5.44. The Morgan fingerprint density at radius 1 is 1.10 bits per heavy atom. The van der Waals surface area contributed by atoms with Crippen molar-refractivity contribution in [2.45, 2.75) is 26.5 Å². The van der Waals surface area contributed by atoms with Gasteiger partial charge in [0.2, 0.25) is 6.79 Å². The van der Waals surface area contributed by atoms with E-state index >= 15 is 0 Å². The van der Waals surface area contributed by atoms with Crippen molar-refractivity contribution in [1.29, 1.82) is 0 Å². The molecular weight excluding hydrogens is 688 g/mol. The molecule has 0 saturated carbocycles. The third-order valence-corrected chi connectivity index (χ3v) is 8.93. The number of halogens is 2. The van der Waals surface area contributed by atoms with Gasteiger partial charge >= 0.3 is 5.97 Å². The zero-order valence-corrected chi connectivity index (χ0v) is 26.5. The molecule has 0 spiro atoms. The Kier molecular flexibility index (Phi) is 8.06. The zero-order chi connectivity index (χ0) is 29.4. The minimum atomic E-state index is -0.746. The van der Waals surface area contributed by atoms with Gasteiger partial charge in [0.1, 0.15) is 12.4 Å². The van der Waals surface area contributed by atoms with Gasteiger partial charge in [0.05, 0.1) is 37.4 Å². The summed E-state index contributed by atoms with van der Waals surface area (Å²) < 4.78 is 26.0. The average Bonchev–Trinajstić information content (AvgIpc) is 3.56. The van der Waals surface area contributed by atoms with Crippen LogP contribution in [0, 0.1) is 0 Å². The van der Waals surface area contributed by atoms with E-state index in [0.29, 0.717) is 50.0 Å². The summed E-state index contributed by atoms with van der Waals surface area (Å²) in [5.74, 6) is 1.30. The fourth-order valence-corrected chi connectivity index (χ4v) is 7.37. The van der Waals surface area contributed by atoms with Crippen LogP contribution in [0.15, 0.2) is 90.7 Å². The molecule has 1 atom stereocenters. The number of thiazole rings is 1. The van der Waals surface area contributed by atoms with Gasteiger partial charge in [0.15, 0.2) is 16.3 Å². The number of fused-ring (bicyclic) bond motifs is 2. The molecule has 3 aromatic carbocycles. The summed E-state index contributed by atoms with van der Waals surface area (Å²) in [6, 6.07) is 18.4. The van der Waals surface area contributed by atoms with Crippen molar-refractivity contribution in [2.24, 2.45) is 4.99 Å². The summed E-state index contributed by atoms with van der Waals surface area (Å²) in [4.78, 5) is 32.3. The molecule has 0 amide bonds. The second kappa shape index (κ2) is 11.9. The monoisotopic (exact) mass is 710 g/mol. The van der Waals surface area contributed by atoms with Gasteiger partial charge in [0, 0.05) is 0 Å². The highest BCUT2D eigenvalue weighted by Crippen LogP contribution is 2.38. The normalized spacial score (nSPS) is 15.8. The molecule has 42 heavy (non-hydrogen) atoms. The van der Waals surface area contributed by atoms with E-state index in [1.807, 2.05) is 48.5 Å². The predicted octanol–water partition coefficient (Wildman–Crippen LogP) is 5.63. The van der Waals surface area contributed by atoms with E-state index in [2.05, 4.69) is 36.9 Å². The topological polar surface area (TPSA) is 88.4 Å². The maximum absolute atomic E-state index is 14.0. The van der Waals surface area contributed by atoms with Crippen LogP contribution in [-0.2, 0) is 16.1 Å². The van der Waals surface area contributed by atoms with Gasteiger partial charge < -0.3 is 18.9 Å². The summed E-state index contributed by atoms with van der Waals surface area (Å²) in [5.41, 5.74) is 3.06. The molecule has 0 aliphatic carbocycles. The van der Waals surface area contributed by atoms with Gasteiger partial charge in [-0.05, 0) is 92.7 Å². The average molecular weight is 712 g/mol. The first-order chi connectivity index (χ1) is 20.3. The van der Waals surface area contributed by atoms with Crippen molar-refractivity contribution >= 4 is 55.2 Å². The van der Waals surface area contributed by atoms with E-state index in [1.54, 1.807) is 36.6 Å². The van der Waals surface area contributed by atoms with Gasteiger partial charge in [-0.25, -0.2) is 9.79 Å². The SMILES string of the molecule is CCOC(=O)C1=C(C)N=c2sc(=Cc3cc(Br)c(OCc4ccccc4)c(Br)c3)c(=O)n2C1c1ccc2c(c1)OCO2. The predicted molar refractivity (Wildman–Crippen MR) is 166 cm³/mol. The minimum Gasteiger partial charge on any atom is -0.487 e. The van der Waals surface area contributed by atoms with Gasteiger partial charge in [0.25, 0.3) is 5.56 Å². The molecule has 0 fully saturated rings. The molecule has 214 valence electrons. The number of nitrogens with zero attached hydrogens (tertiary/aromatic N) is 2. The van der Waals surface area contributed by atoms with E-state index < -0.39 is 12.0 Å². The molecule has 2 aliphatic heterocycles. The Morgan fingerprint density at radius 3 is 2.57 bits per heavy atom. The standard InChI is InChI=1S/C31H24Br2N2O6S/c1-3-38-30(37)26-17(2)34-31-35(27(26)20-9-10-23-24(14-20)41-16-40-23)29(36)25(42-31)13-19-11-21(32)28(22(33)12-19)39-15-18-7-5-4-6-8-18/h4-14,27H,3,15-16H2,1-2H3. The number of esters is 1. The molecule has 8 nitrogen and oxygen atoms in total. The second-order valence-electron chi connectivity index (χ2n) is 9.50. The molecule has 1 aromatic heterocycles. The Labute approximate surface area is 261 Å². The highest BCUT2D eigenvalue weighted by Gasteiger charge is 2.34. The van der Waals surface area contributed by atoms with Crippen molar-refractivity contribution in [3.63, 3.8) is 0 Å². The summed E-state index contributed by atoms with van der Waals surface area (Å²) in [6.07, 6.45) is 1.81. The number of hydrogen-bond donors (Lipinski definition) is 0. The quantitative estimate of drug-likeness (QED) is 0.231. The van der Waals surface area contributed by atoms with Crippen molar-refractivity contribution in [3.05, 3.63) is 117 Å². The molecule has 11 heteroatoms. The van der Waals surface area contributed by atoms with Crippen LogP contribution in [0.4, 0.5) is 0 Å². The number of aromatic nitrogens is 1. The molecular formula is C31H24Br2N2O6S. The molecule has 0 N–H and O–H groups in total. The number of rotatable bonds is 7. The molecule has 6 rings (SSSR count). The summed E-state index contributed by atoms with van der Waals surface area (Å²) in [5, 5.41) is 0. The molecule has 4 aromatic rings. The van der Waals surface area contributed by atoms with E-state index in [9.17, 15) is 9.59 Å². The van der Waals surface area contributed by atoms with Gasteiger partial charge in [-0.2, -0.15) is 0 Å². The lowest BCUT2D eigenvalue weighted by Gasteiger charge is -2.24. The first-order valence-electron chi connectivity index (χ1n) is 13.1. The van der Waals surface area contributed by atoms with Crippen molar-refractivity contribution in [3.8, 4) is 17.2 Å². The van der Waals surface area contributed by atoms with Crippen LogP contribution in [0.5, 0.6) is 17.2 Å². The van der Waals surface area contributed by atoms with Gasteiger partial charge in [-0.3, -0.25) is 9.36 Å². The van der Waals surface area contributed by atoms with Crippen LogP contribution in [0.2, 0.25) is 0 Å². The first-order valence-corrected chi connectivity index (χ1v) is 15.5. The summed E-state index contributed by atoms with van der Waals surface area (Å²) in [6.45, 7) is 4.22. The molecule has 0 saturated heterocycles. The van der Waals surface area contributed by atoms with Gasteiger partial charge in [-0.15, -0.1) is 0 Å². The van der Waals surface area contributed by atoms with Crippen LogP contribution in [0.1, 0.15) is 36.6 Å². The lowest BCUT2D eigenvalue weighted by Crippen LogP contribution is -2.39. The number of benzene rings is 3. The Bertz CT molecular complexity index is 1890.